The minimum absolute atomic E-state index is 0.154. The topological polar surface area (TPSA) is 35.2 Å². The summed E-state index contributed by atoms with van der Waals surface area (Å²) < 4.78 is 5.91. The third kappa shape index (κ3) is 2.61. The van der Waals surface area contributed by atoms with E-state index in [1.807, 2.05) is 48.5 Å². The van der Waals surface area contributed by atoms with Gasteiger partial charge in [-0.2, -0.15) is 0 Å². The van der Waals surface area contributed by atoms with Crippen LogP contribution in [0.15, 0.2) is 66.7 Å². The lowest BCUT2D eigenvalue weighted by Crippen LogP contribution is -2.08. The molecule has 3 aromatic rings. The Hall–Kier alpha value is -2.29. The van der Waals surface area contributed by atoms with Crippen LogP contribution in [0.4, 0.5) is 0 Å². The highest BCUT2D eigenvalue weighted by molar-refractivity contribution is 6.30. The Labute approximate surface area is 140 Å². The first-order valence-corrected chi connectivity index (χ1v) is 7.96. The first-order valence-electron chi connectivity index (χ1n) is 7.58. The van der Waals surface area contributed by atoms with E-state index >= 15 is 0 Å². The van der Waals surface area contributed by atoms with Crippen molar-refractivity contribution >= 4 is 11.6 Å². The zero-order valence-corrected chi connectivity index (χ0v) is 13.3. The second kappa shape index (κ2) is 5.73. The van der Waals surface area contributed by atoms with Crippen LogP contribution in [0, 0.1) is 0 Å². The van der Waals surface area contributed by atoms with Gasteiger partial charge in [-0.05, 0) is 52.1 Å². The summed E-state index contributed by atoms with van der Waals surface area (Å²) in [5.41, 5.74) is 12.0. The molecule has 0 spiro atoms. The molecule has 0 aliphatic heterocycles. The van der Waals surface area contributed by atoms with E-state index in [0.29, 0.717) is 11.6 Å². The predicted molar refractivity (Wildman–Crippen MR) is 93.7 cm³/mol. The molecule has 0 amide bonds. The van der Waals surface area contributed by atoms with E-state index in [4.69, 9.17) is 22.1 Å². The van der Waals surface area contributed by atoms with Crippen molar-refractivity contribution in [1.29, 1.82) is 0 Å². The van der Waals surface area contributed by atoms with Gasteiger partial charge in [0.15, 0.2) is 0 Å². The van der Waals surface area contributed by atoms with E-state index in [1.165, 1.54) is 0 Å². The Bertz CT molecular complexity index is 861. The molecule has 1 atom stereocenters. The standard InChI is InChI=1S/C20H16ClNO/c21-14-6-8-16-17-9-7-15(11-19(17)20(22)18(16)10-14)23-12-13-4-2-1-3-5-13/h1-11,20H,12,22H2. The summed E-state index contributed by atoms with van der Waals surface area (Å²) in [6, 6.07) is 22.0. The predicted octanol–water partition coefficient (Wildman–Crippen LogP) is 4.95. The van der Waals surface area contributed by atoms with Gasteiger partial charge in [0.1, 0.15) is 12.4 Å². The summed E-state index contributed by atoms with van der Waals surface area (Å²) in [5, 5.41) is 0.715. The van der Waals surface area contributed by atoms with Gasteiger partial charge in [0, 0.05) is 5.02 Å². The highest BCUT2D eigenvalue weighted by Crippen LogP contribution is 2.44. The molecule has 1 unspecified atom stereocenters. The molecule has 0 saturated heterocycles. The molecule has 0 saturated carbocycles. The monoisotopic (exact) mass is 321 g/mol. The van der Waals surface area contributed by atoms with Crippen LogP contribution < -0.4 is 10.5 Å². The van der Waals surface area contributed by atoms with Gasteiger partial charge in [0.05, 0.1) is 6.04 Å². The number of fused-ring (bicyclic) bond motifs is 3. The summed E-state index contributed by atoms with van der Waals surface area (Å²) in [5.74, 6) is 0.835. The normalized spacial score (nSPS) is 15.1. The van der Waals surface area contributed by atoms with Gasteiger partial charge >= 0.3 is 0 Å². The Morgan fingerprint density at radius 2 is 1.57 bits per heavy atom. The summed E-state index contributed by atoms with van der Waals surface area (Å²) >= 11 is 6.10. The van der Waals surface area contributed by atoms with E-state index in [1.54, 1.807) is 0 Å². The van der Waals surface area contributed by atoms with Crippen LogP contribution in [0.25, 0.3) is 11.1 Å². The molecule has 2 N–H and O–H groups in total. The lowest BCUT2D eigenvalue weighted by atomic mass is 10.1. The molecule has 2 nitrogen and oxygen atoms in total. The minimum Gasteiger partial charge on any atom is -0.489 e. The third-order valence-electron chi connectivity index (χ3n) is 4.25. The molecular weight excluding hydrogens is 306 g/mol. The number of benzene rings is 3. The van der Waals surface area contributed by atoms with Gasteiger partial charge in [-0.15, -0.1) is 0 Å². The van der Waals surface area contributed by atoms with Crippen molar-refractivity contribution < 1.29 is 4.74 Å². The fourth-order valence-electron chi connectivity index (χ4n) is 3.08. The zero-order valence-electron chi connectivity index (χ0n) is 12.5. The Kier molecular flexibility index (Phi) is 3.56. The van der Waals surface area contributed by atoms with Crippen LogP contribution in [0.3, 0.4) is 0 Å². The molecule has 1 aliphatic carbocycles. The third-order valence-corrected chi connectivity index (χ3v) is 4.48. The number of hydrogen-bond donors (Lipinski definition) is 1. The highest BCUT2D eigenvalue weighted by Gasteiger charge is 2.26. The van der Waals surface area contributed by atoms with E-state index in [2.05, 4.69) is 18.2 Å². The van der Waals surface area contributed by atoms with Crippen molar-refractivity contribution in [2.24, 2.45) is 5.73 Å². The number of hydrogen-bond acceptors (Lipinski definition) is 2. The molecule has 0 heterocycles. The maximum absolute atomic E-state index is 6.39. The van der Waals surface area contributed by atoms with Gasteiger partial charge in [-0.25, -0.2) is 0 Å². The molecular formula is C20H16ClNO. The summed E-state index contributed by atoms with van der Waals surface area (Å²) in [4.78, 5) is 0. The smallest absolute Gasteiger partial charge is 0.120 e. The molecule has 1 aliphatic rings. The van der Waals surface area contributed by atoms with Crippen LogP contribution >= 0.6 is 11.6 Å². The fourth-order valence-corrected chi connectivity index (χ4v) is 3.26. The molecule has 23 heavy (non-hydrogen) atoms. The summed E-state index contributed by atoms with van der Waals surface area (Å²) in [6.45, 7) is 0.549. The molecule has 3 aromatic carbocycles. The Morgan fingerprint density at radius 3 is 2.35 bits per heavy atom. The molecule has 0 aromatic heterocycles. The molecule has 4 rings (SSSR count). The lowest BCUT2D eigenvalue weighted by Gasteiger charge is -2.10. The van der Waals surface area contributed by atoms with E-state index in [9.17, 15) is 0 Å². The van der Waals surface area contributed by atoms with Crippen LogP contribution in [0.1, 0.15) is 22.7 Å². The van der Waals surface area contributed by atoms with E-state index < -0.39 is 0 Å². The lowest BCUT2D eigenvalue weighted by molar-refractivity contribution is 0.306. The van der Waals surface area contributed by atoms with Crippen LogP contribution in [0.2, 0.25) is 5.02 Å². The van der Waals surface area contributed by atoms with Crippen molar-refractivity contribution in [3.63, 3.8) is 0 Å². The molecule has 0 radical (unpaired) electrons. The molecule has 114 valence electrons. The number of ether oxygens (including phenoxy) is 1. The van der Waals surface area contributed by atoms with Gasteiger partial charge in [0.25, 0.3) is 0 Å². The second-order valence-electron chi connectivity index (χ2n) is 5.73. The van der Waals surface area contributed by atoms with E-state index in [0.717, 1.165) is 33.6 Å². The average molecular weight is 322 g/mol. The first kappa shape index (κ1) is 14.3. The van der Waals surface area contributed by atoms with Gasteiger partial charge in [-0.1, -0.05) is 54.1 Å². The number of nitrogens with two attached hydrogens (primary N) is 1. The van der Waals surface area contributed by atoms with Crippen LogP contribution in [-0.2, 0) is 6.61 Å². The molecule has 0 bridgehead atoms. The van der Waals surface area contributed by atoms with Gasteiger partial charge < -0.3 is 10.5 Å². The Morgan fingerprint density at radius 1 is 0.870 bits per heavy atom. The number of rotatable bonds is 3. The second-order valence-corrected chi connectivity index (χ2v) is 6.17. The maximum atomic E-state index is 6.39. The van der Waals surface area contributed by atoms with Gasteiger partial charge in [-0.3, -0.25) is 0 Å². The quantitative estimate of drug-likeness (QED) is 0.741. The zero-order chi connectivity index (χ0) is 15.8. The highest BCUT2D eigenvalue weighted by atomic mass is 35.5. The van der Waals surface area contributed by atoms with Crippen molar-refractivity contribution in [3.05, 3.63) is 88.4 Å². The van der Waals surface area contributed by atoms with E-state index in [-0.39, 0.29) is 6.04 Å². The molecule has 3 heteroatoms. The average Bonchev–Trinajstić information content (AvgIpc) is 2.86. The first-order chi connectivity index (χ1) is 11.2. The molecule has 0 fully saturated rings. The summed E-state index contributed by atoms with van der Waals surface area (Å²) in [7, 11) is 0. The van der Waals surface area contributed by atoms with Crippen molar-refractivity contribution in [1.82, 2.24) is 0 Å². The fraction of sp³-hybridized carbons (Fsp3) is 0.100. The summed E-state index contributed by atoms with van der Waals surface area (Å²) in [6.07, 6.45) is 0. The van der Waals surface area contributed by atoms with Gasteiger partial charge in [0.2, 0.25) is 0 Å². The largest absolute Gasteiger partial charge is 0.489 e. The maximum Gasteiger partial charge on any atom is 0.120 e. The van der Waals surface area contributed by atoms with Crippen molar-refractivity contribution in [3.8, 4) is 16.9 Å². The Balaban J connectivity index is 1.62. The van der Waals surface area contributed by atoms with Crippen molar-refractivity contribution in [2.75, 3.05) is 0 Å². The number of halogens is 1. The minimum atomic E-state index is -0.154. The van der Waals surface area contributed by atoms with Crippen LogP contribution in [-0.4, -0.2) is 0 Å². The SMILES string of the molecule is NC1c2cc(Cl)ccc2-c2ccc(OCc3ccccc3)cc21. The van der Waals surface area contributed by atoms with Crippen molar-refractivity contribution in [2.45, 2.75) is 12.6 Å². The van der Waals surface area contributed by atoms with Crippen LogP contribution in [0.5, 0.6) is 5.75 Å².